The van der Waals surface area contributed by atoms with Crippen LogP contribution in [0.4, 0.5) is 8.78 Å². The highest BCUT2D eigenvalue weighted by atomic mass is 32.3. The molecule has 0 amide bonds. The molecular weight excluding hydrogens is 420 g/mol. The summed E-state index contributed by atoms with van der Waals surface area (Å²) >= 11 is 1.27. The fourth-order valence-corrected chi connectivity index (χ4v) is 6.60. The maximum Gasteiger partial charge on any atom is 0.261 e. The van der Waals surface area contributed by atoms with Gasteiger partial charge in [-0.2, -0.15) is 0 Å². The van der Waals surface area contributed by atoms with Gasteiger partial charge in [-0.1, -0.05) is 13.0 Å². The molecule has 0 bridgehead atoms. The van der Waals surface area contributed by atoms with Crippen molar-refractivity contribution in [2.45, 2.75) is 50.7 Å². The molecule has 2 aliphatic heterocycles. The Morgan fingerprint density at radius 2 is 2.17 bits per heavy atom. The van der Waals surface area contributed by atoms with Crippen LogP contribution in [-0.2, 0) is 16.4 Å². The van der Waals surface area contributed by atoms with Gasteiger partial charge in [0.25, 0.3) is 11.5 Å². The molecule has 29 heavy (non-hydrogen) atoms. The fourth-order valence-electron chi connectivity index (χ4n) is 3.66. The Labute approximate surface area is 174 Å². The van der Waals surface area contributed by atoms with E-state index in [1.54, 1.807) is 11.0 Å². The molecule has 1 saturated heterocycles. The van der Waals surface area contributed by atoms with E-state index in [0.29, 0.717) is 37.9 Å². The molecule has 162 valence electrons. The second-order valence-corrected chi connectivity index (χ2v) is 10.8. The number of thioether (sulfide) groups is 1. The molecule has 1 atom stereocenters. The summed E-state index contributed by atoms with van der Waals surface area (Å²) in [4.78, 5) is 16.4. The average molecular weight is 448 g/mol. The van der Waals surface area contributed by atoms with Gasteiger partial charge in [0, 0.05) is 36.0 Å². The Hall–Kier alpha value is -1.23. The summed E-state index contributed by atoms with van der Waals surface area (Å²) in [5, 5.41) is -0.0597. The zero-order chi connectivity index (χ0) is 21.2. The molecule has 1 aromatic rings. The van der Waals surface area contributed by atoms with Crippen LogP contribution in [0.2, 0.25) is 0 Å². The molecule has 2 aliphatic rings. The normalized spacial score (nSPS) is 22.2. The van der Waals surface area contributed by atoms with Gasteiger partial charge in [0.2, 0.25) is 10.0 Å². The van der Waals surface area contributed by atoms with Crippen LogP contribution >= 0.6 is 11.8 Å². The first kappa shape index (κ1) is 22.5. The van der Waals surface area contributed by atoms with E-state index in [1.165, 1.54) is 11.8 Å². The van der Waals surface area contributed by atoms with Crippen molar-refractivity contribution in [2.75, 3.05) is 26.2 Å². The van der Waals surface area contributed by atoms with Crippen LogP contribution in [0.25, 0.3) is 0 Å². The number of nitrogens with one attached hydrogen (secondary N) is 2. The van der Waals surface area contributed by atoms with Crippen molar-refractivity contribution in [3.05, 3.63) is 43.6 Å². The number of hydrogen-bond donors (Lipinski definition) is 2. The highest BCUT2D eigenvalue weighted by Gasteiger charge is 2.37. The number of aromatic nitrogens is 1. The molecule has 1 aromatic heterocycles. The van der Waals surface area contributed by atoms with Crippen molar-refractivity contribution in [3.63, 3.8) is 0 Å². The molecule has 0 spiro atoms. The molecule has 1 unspecified atom stereocenters. The van der Waals surface area contributed by atoms with Gasteiger partial charge in [-0.05, 0) is 44.4 Å². The maximum atomic E-state index is 13.2. The highest BCUT2D eigenvalue weighted by Crippen LogP contribution is 2.46. The number of allylic oxidation sites excluding steroid dienone is 1. The summed E-state index contributed by atoms with van der Waals surface area (Å²) in [6.07, 6.45) is 3.24. The summed E-state index contributed by atoms with van der Waals surface area (Å²) in [6, 6.07) is 1.87. The maximum absolute atomic E-state index is 13.2. The van der Waals surface area contributed by atoms with Crippen molar-refractivity contribution in [1.29, 1.82) is 0 Å². The van der Waals surface area contributed by atoms with Crippen molar-refractivity contribution in [3.8, 4) is 0 Å². The number of aromatic amines is 1. The smallest absolute Gasteiger partial charge is 0.261 e. The van der Waals surface area contributed by atoms with E-state index in [0.717, 1.165) is 11.3 Å². The Bertz CT molecular complexity index is 945. The molecule has 3 heterocycles. The van der Waals surface area contributed by atoms with Gasteiger partial charge in [-0.3, -0.25) is 9.69 Å². The predicted octanol–water partition coefficient (Wildman–Crippen LogP) is 2.92. The van der Waals surface area contributed by atoms with E-state index < -0.39 is 15.9 Å². The molecule has 0 radical (unpaired) electrons. The molecule has 2 N–H and O–H groups in total. The minimum absolute atomic E-state index is 0.0597. The third-order valence-corrected chi connectivity index (χ3v) is 8.65. The van der Waals surface area contributed by atoms with Crippen LogP contribution in [0.15, 0.2) is 21.2 Å². The summed E-state index contributed by atoms with van der Waals surface area (Å²) in [7, 11) is -3.62. The molecule has 1 fully saturated rings. The van der Waals surface area contributed by atoms with Gasteiger partial charge in [0.15, 0.2) is 0 Å². The van der Waals surface area contributed by atoms with E-state index in [2.05, 4.69) is 9.71 Å². The number of rotatable bonds is 8. The number of hydrogen-bond acceptors (Lipinski definition) is 5. The standard InChI is InChI=1S/C19H27F2N3O3S2/c1-3-14-11-15(13(2)23-18(14)25)16-5-6-17(28-16)29(26,27)22-8-4-9-24-10-7-19(20,21)12-24/h6,11,16,22H,3-5,7-10,12H2,1-2H3,(H,23,25). The highest BCUT2D eigenvalue weighted by molar-refractivity contribution is 8.18. The Morgan fingerprint density at radius 1 is 1.41 bits per heavy atom. The Kier molecular flexibility index (Phi) is 6.87. The Morgan fingerprint density at radius 3 is 2.83 bits per heavy atom. The quantitative estimate of drug-likeness (QED) is 0.599. The van der Waals surface area contributed by atoms with Crippen molar-refractivity contribution in [2.24, 2.45) is 0 Å². The zero-order valence-corrected chi connectivity index (χ0v) is 18.3. The van der Waals surface area contributed by atoms with Crippen molar-refractivity contribution >= 4 is 21.8 Å². The van der Waals surface area contributed by atoms with Crippen molar-refractivity contribution in [1.82, 2.24) is 14.6 Å². The topological polar surface area (TPSA) is 82.3 Å². The first-order valence-corrected chi connectivity index (χ1v) is 12.2. The number of nitrogens with zero attached hydrogens (tertiary/aromatic N) is 1. The van der Waals surface area contributed by atoms with Gasteiger partial charge in [-0.15, -0.1) is 11.8 Å². The fraction of sp³-hybridized carbons (Fsp3) is 0.632. The van der Waals surface area contributed by atoms with Crippen LogP contribution < -0.4 is 10.3 Å². The largest absolute Gasteiger partial charge is 0.326 e. The number of halogens is 2. The van der Waals surface area contributed by atoms with Crippen LogP contribution in [0.5, 0.6) is 0 Å². The molecule has 0 aromatic carbocycles. The number of likely N-dealkylation sites (tertiary alicyclic amines) is 1. The predicted molar refractivity (Wildman–Crippen MR) is 112 cm³/mol. The van der Waals surface area contributed by atoms with E-state index in [1.807, 2.05) is 19.9 Å². The lowest BCUT2D eigenvalue weighted by atomic mass is 10.0. The first-order chi connectivity index (χ1) is 13.6. The van der Waals surface area contributed by atoms with Crippen LogP contribution in [0.3, 0.4) is 0 Å². The van der Waals surface area contributed by atoms with Crippen LogP contribution in [-0.4, -0.2) is 50.4 Å². The third kappa shape index (κ3) is 5.48. The molecule has 0 aliphatic carbocycles. The van der Waals surface area contributed by atoms with Gasteiger partial charge in [0.05, 0.1) is 6.54 Å². The summed E-state index contributed by atoms with van der Waals surface area (Å²) in [5.74, 6) is -2.63. The van der Waals surface area contributed by atoms with Gasteiger partial charge < -0.3 is 4.98 Å². The first-order valence-electron chi connectivity index (χ1n) is 9.80. The minimum Gasteiger partial charge on any atom is -0.326 e. The Balaban J connectivity index is 1.53. The summed E-state index contributed by atoms with van der Waals surface area (Å²) in [5.41, 5.74) is 2.29. The third-order valence-electron chi connectivity index (χ3n) is 5.30. The number of alkyl halides is 2. The summed E-state index contributed by atoms with van der Waals surface area (Å²) in [6.45, 7) is 4.49. The minimum atomic E-state index is -3.62. The number of sulfonamides is 1. The monoisotopic (exact) mass is 447 g/mol. The second-order valence-electron chi connectivity index (χ2n) is 7.56. The zero-order valence-electron chi connectivity index (χ0n) is 16.6. The van der Waals surface area contributed by atoms with Gasteiger partial charge in [0.1, 0.15) is 4.24 Å². The van der Waals surface area contributed by atoms with Gasteiger partial charge in [-0.25, -0.2) is 21.9 Å². The SMILES string of the molecule is CCc1cc(C2CC=C(S(=O)(=O)NCCCN3CCC(F)(F)C3)S2)c(C)[nH]c1=O. The molecule has 3 rings (SSSR count). The lowest BCUT2D eigenvalue weighted by molar-refractivity contribution is 0.0122. The number of pyridine rings is 1. The van der Waals surface area contributed by atoms with Crippen LogP contribution in [0.1, 0.15) is 48.3 Å². The van der Waals surface area contributed by atoms with Gasteiger partial charge >= 0.3 is 0 Å². The molecule has 10 heteroatoms. The lowest BCUT2D eigenvalue weighted by Crippen LogP contribution is -2.30. The molecule has 0 saturated carbocycles. The van der Waals surface area contributed by atoms with E-state index >= 15 is 0 Å². The van der Waals surface area contributed by atoms with Crippen molar-refractivity contribution < 1.29 is 17.2 Å². The number of H-pyrrole nitrogens is 1. The number of aryl methyl sites for hydroxylation is 2. The van der Waals surface area contributed by atoms with E-state index in [-0.39, 0.29) is 34.6 Å². The second kappa shape index (κ2) is 8.87. The molecular formula is C19H27F2N3O3S2. The average Bonchev–Trinajstić information content (AvgIpc) is 3.26. The summed E-state index contributed by atoms with van der Waals surface area (Å²) < 4.78 is 54.4. The van der Waals surface area contributed by atoms with Crippen LogP contribution in [0, 0.1) is 6.92 Å². The van der Waals surface area contributed by atoms with E-state index in [9.17, 15) is 22.0 Å². The van der Waals surface area contributed by atoms with E-state index in [4.69, 9.17) is 0 Å². The molecule has 6 nitrogen and oxygen atoms in total. The lowest BCUT2D eigenvalue weighted by Gasteiger charge is -2.16.